The monoisotopic (exact) mass is 298 g/mol. The third-order valence-electron chi connectivity index (χ3n) is 3.42. The molecule has 0 saturated heterocycles. The number of ether oxygens (including phenoxy) is 1. The van der Waals surface area contributed by atoms with E-state index in [2.05, 4.69) is 5.32 Å². The quantitative estimate of drug-likeness (QED) is 0.901. The van der Waals surface area contributed by atoms with Crippen LogP contribution in [0.25, 0.3) is 0 Å². The van der Waals surface area contributed by atoms with Crippen molar-refractivity contribution in [2.75, 3.05) is 12.4 Å². The average Bonchev–Trinajstić information content (AvgIpc) is 2.54. The number of carbonyl (C=O) groups excluding carboxylic acids is 1. The van der Waals surface area contributed by atoms with E-state index in [1.165, 1.54) is 0 Å². The number of rotatable bonds is 5. The molecular formula is C18H22N2O2. The molecule has 0 heterocycles. The number of carbonyl (C=O) groups is 1. The predicted octanol–water partition coefficient (Wildman–Crippen LogP) is 4.14. The van der Waals surface area contributed by atoms with Crippen LogP contribution in [0.4, 0.5) is 10.5 Å². The summed E-state index contributed by atoms with van der Waals surface area (Å²) in [5.41, 5.74) is 1.87. The van der Waals surface area contributed by atoms with Gasteiger partial charge in [-0.05, 0) is 43.7 Å². The maximum absolute atomic E-state index is 12.5. The van der Waals surface area contributed by atoms with Crippen molar-refractivity contribution in [3.63, 3.8) is 0 Å². The molecule has 2 amide bonds. The van der Waals surface area contributed by atoms with Crippen LogP contribution in [0.2, 0.25) is 0 Å². The summed E-state index contributed by atoms with van der Waals surface area (Å²) in [5.74, 6) is 0.767. The van der Waals surface area contributed by atoms with E-state index in [0.29, 0.717) is 6.54 Å². The van der Waals surface area contributed by atoms with Gasteiger partial charge in [-0.1, -0.05) is 30.3 Å². The third-order valence-corrected chi connectivity index (χ3v) is 3.42. The molecule has 0 unspecified atom stereocenters. The second kappa shape index (κ2) is 7.50. The molecule has 0 aliphatic heterocycles. The molecule has 0 radical (unpaired) electrons. The summed E-state index contributed by atoms with van der Waals surface area (Å²) in [6, 6.07) is 17.3. The highest BCUT2D eigenvalue weighted by Crippen LogP contribution is 2.16. The van der Waals surface area contributed by atoms with E-state index in [1.54, 1.807) is 12.0 Å². The standard InChI is InChI=1S/C18H22N2O2/c1-14(2)20(13-15-7-5-4-6-8-15)18(21)19-16-9-11-17(22-3)12-10-16/h4-12,14H,13H2,1-3H3,(H,19,21). The van der Waals surface area contributed by atoms with Gasteiger partial charge in [-0.25, -0.2) is 4.79 Å². The van der Waals surface area contributed by atoms with E-state index < -0.39 is 0 Å². The van der Waals surface area contributed by atoms with Gasteiger partial charge in [0.05, 0.1) is 7.11 Å². The van der Waals surface area contributed by atoms with Crippen LogP contribution in [0.1, 0.15) is 19.4 Å². The summed E-state index contributed by atoms with van der Waals surface area (Å²) in [5, 5.41) is 2.93. The van der Waals surface area contributed by atoms with E-state index in [0.717, 1.165) is 17.0 Å². The number of benzene rings is 2. The maximum Gasteiger partial charge on any atom is 0.322 e. The molecule has 0 atom stereocenters. The Morgan fingerprint density at radius 3 is 2.27 bits per heavy atom. The van der Waals surface area contributed by atoms with Crippen molar-refractivity contribution in [3.8, 4) is 5.75 Å². The van der Waals surface area contributed by atoms with Gasteiger partial charge in [-0.2, -0.15) is 0 Å². The fourth-order valence-corrected chi connectivity index (χ4v) is 2.14. The van der Waals surface area contributed by atoms with Gasteiger partial charge in [0.1, 0.15) is 5.75 Å². The van der Waals surface area contributed by atoms with Gasteiger partial charge in [0.2, 0.25) is 0 Å². The summed E-state index contributed by atoms with van der Waals surface area (Å²) < 4.78 is 5.12. The first-order valence-electron chi connectivity index (χ1n) is 7.35. The number of methoxy groups -OCH3 is 1. The van der Waals surface area contributed by atoms with Gasteiger partial charge in [-0.15, -0.1) is 0 Å². The fraction of sp³-hybridized carbons (Fsp3) is 0.278. The highest BCUT2D eigenvalue weighted by molar-refractivity contribution is 5.89. The van der Waals surface area contributed by atoms with E-state index in [4.69, 9.17) is 4.74 Å². The predicted molar refractivity (Wildman–Crippen MR) is 89.1 cm³/mol. The summed E-state index contributed by atoms with van der Waals surface area (Å²) >= 11 is 0. The lowest BCUT2D eigenvalue weighted by atomic mass is 10.2. The lowest BCUT2D eigenvalue weighted by Gasteiger charge is -2.27. The first-order chi connectivity index (χ1) is 10.6. The molecule has 4 heteroatoms. The number of nitrogens with one attached hydrogen (secondary N) is 1. The average molecular weight is 298 g/mol. The van der Waals surface area contributed by atoms with Crippen LogP contribution in [-0.2, 0) is 6.54 Å². The summed E-state index contributed by atoms with van der Waals surface area (Å²) in [6.45, 7) is 4.60. The van der Waals surface area contributed by atoms with Crippen molar-refractivity contribution in [1.29, 1.82) is 0 Å². The number of hydrogen-bond donors (Lipinski definition) is 1. The minimum atomic E-state index is -0.107. The van der Waals surface area contributed by atoms with Gasteiger partial charge in [0.15, 0.2) is 0 Å². The first kappa shape index (κ1) is 15.9. The number of hydrogen-bond acceptors (Lipinski definition) is 2. The number of urea groups is 1. The van der Waals surface area contributed by atoms with Gasteiger partial charge in [0.25, 0.3) is 0 Å². The van der Waals surface area contributed by atoms with Crippen molar-refractivity contribution in [2.24, 2.45) is 0 Å². The Bertz CT molecular complexity index is 594. The fourth-order valence-electron chi connectivity index (χ4n) is 2.14. The number of anilines is 1. The smallest absolute Gasteiger partial charge is 0.322 e. The second-order valence-electron chi connectivity index (χ2n) is 5.37. The molecule has 2 aromatic carbocycles. The Balaban J connectivity index is 2.05. The van der Waals surface area contributed by atoms with Crippen LogP contribution in [0.5, 0.6) is 5.75 Å². The Morgan fingerprint density at radius 2 is 1.73 bits per heavy atom. The van der Waals surface area contributed by atoms with Crippen LogP contribution in [0, 0.1) is 0 Å². The molecule has 0 spiro atoms. The topological polar surface area (TPSA) is 41.6 Å². The molecule has 4 nitrogen and oxygen atoms in total. The van der Waals surface area contributed by atoms with Crippen molar-refractivity contribution in [2.45, 2.75) is 26.4 Å². The largest absolute Gasteiger partial charge is 0.497 e. The van der Waals surface area contributed by atoms with Crippen molar-refractivity contribution in [3.05, 3.63) is 60.2 Å². The second-order valence-corrected chi connectivity index (χ2v) is 5.37. The minimum absolute atomic E-state index is 0.107. The summed E-state index contributed by atoms with van der Waals surface area (Å²) in [4.78, 5) is 14.3. The zero-order valence-electron chi connectivity index (χ0n) is 13.2. The molecule has 1 N–H and O–H groups in total. The molecule has 0 aliphatic carbocycles. The van der Waals surface area contributed by atoms with Crippen LogP contribution in [-0.4, -0.2) is 24.1 Å². The van der Waals surface area contributed by atoms with Crippen molar-refractivity contribution in [1.82, 2.24) is 4.90 Å². The van der Waals surface area contributed by atoms with Gasteiger partial charge in [-0.3, -0.25) is 0 Å². The van der Waals surface area contributed by atoms with Crippen LogP contribution in [0.3, 0.4) is 0 Å². The minimum Gasteiger partial charge on any atom is -0.497 e. The van der Waals surface area contributed by atoms with E-state index in [9.17, 15) is 4.79 Å². The first-order valence-corrected chi connectivity index (χ1v) is 7.35. The highest BCUT2D eigenvalue weighted by atomic mass is 16.5. The molecular weight excluding hydrogens is 276 g/mol. The maximum atomic E-state index is 12.5. The van der Waals surface area contributed by atoms with Gasteiger partial charge in [0, 0.05) is 18.3 Å². The van der Waals surface area contributed by atoms with Crippen molar-refractivity contribution >= 4 is 11.7 Å². The van der Waals surface area contributed by atoms with Gasteiger partial charge >= 0.3 is 6.03 Å². The lowest BCUT2D eigenvalue weighted by Crippen LogP contribution is -2.39. The molecule has 2 rings (SSSR count). The highest BCUT2D eigenvalue weighted by Gasteiger charge is 2.17. The Labute approximate surface area is 131 Å². The third kappa shape index (κ3) is 4.25. The summed E-state index contributed by atoms with van der Waals surface area (Å²) in [7, 11) is 1.62. The van der Waals surface area contributed by atoms with Crippen LogP contribution >= 0.6 is 0 Å². The molecule has 0 aliphatic rings. The van der Waals surface area contributed by atoms with Crippen LogP contribution < -0.4 is 10.1 Å². The SMILES string of the molecule is COc1ccc(NC(=O)N(Cc2ccccc2)C(C)C)cc1. The van der Waals surface area contributed by atoms with E-state index >= 15 is 0 Å². The zero-order chi connectivity index (χ0) is 15.9. The lowest BCUT2D eigenvalue weighted by molar-refractivity contribution is 0.193. The molecule has 2 aromatic rings. The Hall–Kier alpha value is -2.49. The number of nitrogens with zero attached hydrogens (tertiary/aromatic N) is 1. The zero-order valence-corrected chi connectivity index (χ0v) is 13.2. The molecule has 0 fully saturated rings. The molecule has 0 saturated carbocycles. The molecule has 0 aromatic heterocycles. The van der Waals surface area contributed by atoms with E-state index in [-0.39, 0.29) is 12.1 Å². The van der Waals surface area contributed by atoms with Crippen LogP contribution in [0.15, 0.2) is 54.6 Å². The van der Waals surface area contributed by atoms with Gasteiger partial charge < -0.3 is 15.0 Å². The Morgan fingerprint density at radius 1 is 1.09 bits per heavy atom. The Kier molecular flexibility index (Phi) is 5.42. The molecule has 0 bridgehead atoms. The molecule has 22 heavy (non-hydrogen) atoms. The normalized spacial score (nSPS) is 10.4. The number of amides is 2. The summed E-state index contributed by atoms with van der Waals surface area (Å²) in [6.07, 6.45) is 0. The molecule has 116 valence electrons. The van der Waals surface area contributed by atoms with E-state index in [1.807, 2.05) is 68.4 Å². The van der Waals surface area contributed by atoms with Crippen molar-refractivity contribution < 1.29 is 9.53 Å².